The van der Waals surface area contributed by atoms with Crippen LogP contribution < -0.4 is 10.6 Å². The fraction of sp³-hybridized carbons (Fsp3) is 0.571. The van der Waals surface area contributed by atoms with Crippen LogP contribution in [0.3, 0.4) is 0 Å². The molecule has 1 aliphatic heterocycles. The van der Waals surface area contributed by atoms with Gasteiger partial charge in [0, 0.05) is 37.1 Å². The number of halogens is 2. The minimum absolute atomic E-state index is 0. The molecule has 1 aromatic rings. The third-order valence-electron chi connectivity index (χ3n) is 3.58. The summed E-state index contributed by atoms with van der Waals surface area (Å²) in [6.07, 6.45) is -0.209. The van der Waals surface area contributed by atoms with Crippen molar-refractivity contribution in [3.8, 4) is 0 Å². The van der Waals surface area contributed by atoms with Gasteiger partial charge in [-0.15, -0.1) is 12.4 Å². The van der Waals surface area contributed by atoms with Gasteiger partial charge in [-0.05, 0) is 23.6 Å². The van der Waals surface area contributed by atoms with Crippen molar-refractivity contribution < 1.29 is 5.11 Å². The summed E-state index contributed by atoms with van der Waals surface area (Å²) in [6.45, 7) is 5.57. The highest BCUT2D eigenvalue weighted by Gasteiger charge is 2.24. The van der Waals surface area contributed by atoms with Crippen molar-refractivity contribution in [2.75, 3.05) is 26.2 Å². The third-order valence-corrected chi connectivity index (χ3v) is 3.81. The van der Waals surface area contributed by atoms with Crippen molar-refractivity contribution in [2.45, 2.75) is 18.9 Å². The summed E-state index contributed by atoms with van der Waals surface area (Å²) in [5, 5.41) is 17.1. The van der Waals surface area contributed by atoms with Gasteiger partial charge >= 0.3 is 0 Å². The average molecular weight is 305 g/mol. The second-order valence-corrected chi connectivity index (χ2v) is 5.54. The lowest BCUT2D eigenvalue weighted by molar-refractivity contribution is 0.146. The van der Waals surface area contributed by atoms with Gasteiger partial charge < -0.3 is 15.7 Å². The lowest BCUT2D eigenvalue weighted by atomic mass is 10.0. The van der Waals surface area contributed by atoms with Crippen molar-refractivity contribution in [1.29, 1.82) is 0 Å². The van der Waals surface area contributed by atoms with Crippen molar-refractivity contribution in [3.05, 3.63) is 34.9 Å². The number of β-amino-alcohol motifs (C(OH)–C–C–N with tert-alkyl or cyclic N) is 1. The van der Waals surface area contributed by atoms with E-state index in [0.29, 0.717) is 11.8 Å². The zero-order valence-electron chi connectivity index (χ0n) is 11.1. The van der Waals surface area contributed by atoms with E-state index in [1.807, 2.05) is 18.2 Å². The molecule has 1 fully saturated rings. The lowest BCUT2D eigenvalue weighted by Crippen LogP contribution is -2.32. The normalized spacial score (nSPS) is 23.9. The minimum Gasteiger partial charge on any atom is -0.391 e. The van der Waals surface area contributed by atoms with Gasteiger partial charge in [-0.1, -0.05) is 30.7 Å². The first-order valence-corrected chi connectivity index (χ1v) is 6.89. The summed E-state index contributed by atoms with van der Waals surface area (Å²) in [7, 11) is 0. The van der Waals surface area contributed by atoms with Gasteiger partial charge in [0.2, 0.25) is 0 Å². The first-order chi connectivity index (χ1) is 8.66. The summed E-state index contributed by atoms with van der Waals surface area (Å²) >= 11 is 5.98. The smallest absolute Gasteiger partial charge is 0.0716 e. The van der Waals surface area contributed by atoms with E-state index in [0.717, 1.165) is 31.2 Å². The van der Waals surface area contributed by atoms with Gasteiger partial charge in [0.05, 0.1) is 6.10 Å². The summed E-state index contributed by atoms with van der Waals surface area (Å²) < 4.78 is 0. The topological polar surface area (TPSA) is 44.3 Å². The number of benzene rings is 1. The number of aliphatic hydroxyl groups excluding tert-OH is 1. The molecule has 19 heavy (non-hydrogen) atoms. The standard InChI is InChI=1S/C14H21ClN2O.ClH/c1-10(11-3-2-4-13(15)5-11)6-16-7-12-8-17-9-14(12)18;/h2-5,10,12,14,16-18H,6-9H2,1H3;1H. The molecule has 1 aliphatic rings. The van der Waals surface area contributed by atoms with Crippen molar-refractivity contribution >= 4 is 24.0 Å². The Labute approximate surface area is 126 Å². The second kappa shape index (κ2) is 8.08. The molecular formula is C14H22Cl2N2O. The molecule has 1 saturated heterocycles. The highest BCUT2D eigenvalue weighted by atomic mass is 35.5. The zero-order chi connectivity index (χ0) is 13.0. The monoisotopic (exact) mass is 304 g/mol. The van der Waals surface area contributed by atoms with Crippen molar-refractivity contribution in [1.82, 2.24) is 10.6 Å². The van der Waals surface area contributed by atoms with Gasteiger partial charge in [0.25, 0.3) is 0 Å². The molecule has 0 amide bonds. The molecule has 5 heteroatoms. The number of hydrogen-bond acceptors (Lipinski definition) is 3. The molecule has 3 atom stereocenters. The predicted octanol–water partition coefficient (Wildman–Crippen LogP) is 2.04. The SMILES string of the molecule is CC(CNCC1CNCC1O)c1cccc(Cl)c1.Cl. The van der Waals surface area contributed by atoms with E-state index < -0.39 is 0 Å². The molecule has 108 valence electrons. The van der Waals surface area contributed by atoms with Gasteiger partial charge in [0.1, 0.15) is 0 Å². The molecule has 0 radical (unpaired) electrons. The van der Waals surface area contributed by atoms with Crippen LogP contribution in [0.1, 0.15) is 18.4 Å². The van der Waals surface area contributed by atoms with Crippen LogP contribution in [0.15, 0.2) is 24.3 Å². The fourth-order valence-electron chi connectivity index (χ4n) is 2.34. The second-order valence-electron chi connectivity index (χ2n) is 5.10. The lowest BCUT2D eigenvalue weighted by Gasteiger charge is -2.17. The van der Waals surface area contributed by atoms with Crippen LogP contribution in [0.25, 0.3) is 0 Å². The Morgan fingerprint density at radius 2 is 2.26 bits per heavy atom. The molecule has 2 rings (SSSR count). The third kappa shape index (κ3) is 4.93. The first kappa shape index (κ1) is 16.7. The molecule has 1 aromatic carbocycles. The van der Waals surface area contributed by atoms with E-state index in [2.05, 4.69) is 23.6 Å². The molecule has 0 aromatic heterocycles. The summed E-state index contributed by atoms with van der Waals surface area (Å²) in [5.74, 6) is 0.756. The first-order valence-electron chi connectivity index (χ1n) is 6.52. The summed E-state index contributed by atoms with van der Waals surface area (Å²) in [5.41, 5.74) is 1.25. The van der Waals surface area contributed by atoms with E-state index in [1.165, 1.54) is 5.56 Å². The van der Waals surface area contributed by atoms with E-state index in [4.69, 9.17) is 11.6 Å². The summed E-state index contributed by atoms with van der Waals surface area (Å²) in [6, 6.07) is 7.99. The molecule has 0 saturated carbocycles. The zero-order valence-corrected chi connectivity index (χ0v) is 12.7. The molecular weight excluding hydrogens is 283 g/mol. The van der Waals surface area contributed by atoms with E-state index in [9.17, 15) is 5.11 Å². The summed E-state index contributed by atoms with van der Waals surface area (Å²) in [4.78, 5) is 0. The van der Waals surface area contributed by atoms with Gasteiger partial charge in [-0.3, -0.25) is 0 Å². The van der Waals surface area contributed by atoms with Crippen LogP contribution in [-0.2, 0) is 0 Å². The fourth-order valence-corrected chi connectivity index (χ4v) is 2.54. The largest absolute Gasteiger partial charge is 0.391 e. The number of aliphatic hydroxyl groups is 1. The Morgan fingerprint density at radius 1 is 1.47 bits per heavy atom. The van der Waals surface area contributed by atoms with Crippen LogP contribution in [0.5, 0.6) is 0 Å². The highest BCUT2D eigenvalue weighted by Crippen LogP contribution is 2.18. The Hall–Kier alpha value is -0.320. The number of hydrogen-bond donors (Lipinski definition) is 3. The maximum Gasteiger partial charge on any atom is 0.0716 e. The average Bonchev–Trinajstić information content (AvgIpc) is 2.75. The Morgan fingerprint density at radius 3 is 2.89 bits per heavy atom. The van der Waals surface area contributed by atoms with Crippen LogP contribution in [0, 0.1) is 5.92 Å². The number of nitrogens with one attached hydrogen (secondary N) is 2. The molecule has 1 heterocycles. The Kier molecular flexibility index (Phi) is 7.11. The van der Waals surface area contributed by atoms with Crippen LogP contribution in [-0.4, -0.2) is 37.4 Å². The Bertz CT molecular complexity index is 389. The van der Waals surface area contributed by atoms with Crippen LogP contribution in [0.2, 0.25) is 5.02 Å². The van der Waals surface area contributed by atoms with Crippen LogP contribution >= 0.6 is 24.0 Å². The Balaban J connectivity index is 0.00000180. The van der Waals surface area contributed by atoms with Gasteiger partial charge in [-0.25, -0.2) is 0 Å². The predicted molar refractivity (Wildman–Crippen MR) is 82.4 cm³/mol. The molecule has 3 N–H and O–H groups in total. The quantitative estimate of drug-likeness (QED) is 0.780. The number of rotatable bonds is 5. The molecule has 3 unspecified atom stereocenters. The maximum absolute atomic E-state index is 9.69. The highest BCUT2D eigenvalue weighted by molar-refractivity contribution is 6.30. The minimum atomic E-state index is -0.209. The van der Waals surface area contributed by atoms with E-state index >= 15 is 0 Å². The van der Waals surface area contributed by atoms with Gasteiger partial charge in [-0.2, -0.15) is 0 Å². The van der Waals surface area contributed by atoms with E-state index in [1.54, 1.807) is 0 Å². The molecule has 0 spiro atoms. The van der Waals surface area contributed by atoms with Crippen LogP contribution in [0.4, 0.5) is 0 Å². The molecule has 0 bridgehead atoms. The van der Waals surface area contributed by atoms with Crippen molar-refractivity contribution in [2.24, 2.45) is 5.92 Å². The maximum atomic E-state index is 9.69. The van der Waals surface area contributed by atoms with Gasteiger partial charge in [0.15, 0.2) is 0 Å². The van der Waals surface area contributed by atoms with E-state index in [-0.39, 0.29) is 18.5 Å². The van der Waals surface area contributed by atoms with Crippen molar-refractivity contribution in [3.63, 3.8) is 0 Å². The molecule has 3 nitrogen and oxygen atoms in total. The molecule has 0 aliphatic carbocycles.